The molecule has 1 aliphatic heterocycles. The van der Waals surface area contributed by atoms with Crippen molar-refractivity contribution >= 4 is 39.3 Å². The molecule has 8 heteroatoms. The molecule has 0 spiro atoms. The van der Waals surface area contributed by atoms with Crippen molar-refractivity contribution in [1.82, 2.24) is 25.0 Å². The number of hydrogen-bond donors (Lipinski definition) is 2. The van der Waals surface area contributed by atoms with Crippen LogP contribution in [0.25, 0.3) is 21.8 Å². The summed E-state index contributed by atoms with van der Waals surface area (Å²) in [5, 5.41) is 10.0. The summed E-state index contributed by atoms with van der Waals surface area (Å²) in [6, 6.07) is 11.9. The van der Waals surface area contributed by atoms with Gasteiger partial charge in [0.15, 0.2) is 0 Å². The number of amides is 1. The van der Waals surface area contributed by atoms with Crippen LogP contribution in [0.1, 0.15) is 69.6 Å². The van der Waals surface area contributed by atoms with Gasteiger partial charge in [-0.15, -0.1) is 0 Å². The quantitative estimate of drug-likeness (QED) is 0.220. The molecule has 222 valence electrons. The number of pyridine rings is 1. The lowest BCUT2D eigenvalue weighted by Gasteiger charge is -2.33. The number of piperidine rings is 1. The first-order valence-electron chi connectivity index (χ1n) is 14.9. The van der Waals surface area contributed by atoms with Gasteiger partial charge < -0.3 is 14.8 Å². The second kappa shape index (κ2) is 12.3. The van der Waals surface area contributed by atoms with Gasteiger partial charge >= 0.3 is 0 Å². The van der Waals surface area contributed by atoms with E-state index in [9.17, 15) is 9.59 Å². The molecular weight excluding hydrogens is 546 g/mol. The van der Waals surface area contributed by atoms with Gasteiger partial charge in [0, 0.05) is 49.1 Å². The smallest absolute Gasteiger partial charge is 0.251 e. The van der Waals surface area contributed by atoms with Gasteiger partial charge in [-0.25, -0.2) is 0 Å². The average Bonchev–Trinajstić information content (AvgIpc) is 3.44. The molecule has 2 aromatic heterocycles. The number of carbonyl (C=O) groups excluding carboxylic acids is 1. The minimum Gasteiger partial charge on any atom is -0.373 e. The Morgan fingerprint density at radius 1 is 1.24 bits per heavy atom. The van der Waals surface area contributed by atoms with Crippen LogP contribution in [0.3, 0.4) is 0 Å². The molecule has 2 aromatic carbocycles. The number of likely N-dealkylation sites (tertiary alicyclic amines) is 1. The van der Waals surface area contributed by atoms with Crippen molar-refractivity contribution in [2.75, 3.05) is 19.6 Å². The monoisotopic (exact) mass is 587 g/mol. The van der Waals surface area contributed by atoms with E-state index in [1.165, 1.54) is 5.56 Å². The molecule has 0 aliphatic carbocycles. The highest BCUT2D eigenvalue weighted by Gasteiger charge is 2.27. The van der Waals surface area contributed by atoms with Gasteiger partial charge in [0.1, 0.15) is 0 Å². The number of para-hydroxylation sites is 1. The van der Waals surface area contributed by atoms with Crippen LogP contribution >= 0.6 is 11.6 Å². The zero-order chi connectivity index (χ0) is 30.0. The number of aromatic nitrogens is 3. The van der Waals surface area contributed by atoms with Gasteiger partial charge in [0.05, 0.1) is 16.7 Å². The minimum absolute atomic E-state index is 0.0197. The van der Waals surface area contributed by atoms with Crippen LogP contribution in [0.4, 0.5) is 0 Å². The van der Waals surface area contributed by atoms with Crippen molar-refractivity contribution in [2.24, 2.45) is 11.3 Å². The summed E-state index contributed by atoms with van der Waals surface area (Å²) < 4.78 is 0. The van der Waals surface area contributed by atoms with Crippen LogP contribution in [0, 0.1) is 11.3 Å². The Morgan fingerprint density at radius 2 is 1.98 bits per heavy atom. The molecule has 7 nitrogen and oxygen atoms in total. The third-order valence-electron chi connectivity index (χ3n) is 8.35. The van der Waals surface area contributed by atoms with Gasteiger partial charge in [0.2, 0.25) is 5.91 Å². The first kappa shape index (κ1) is 29.9. The highest BCUT2D eigenvalue weighted by Crippen LogP contribution is 2.33. The van der Waals surface area contributed by atoms with Crippen molar-refractivity contribution < 1.29 is 4.79 Å². The molecule has 0 bridgehead atoms. The molecule has 3 heterocycles. The molecule has 2 N–H and O–H groups in total. The fraction of sp³-hybridized carbons (Fsp3) is 0.441. The second-order valence-corrected chi connectivity index (χ2v) is 13.5. The lowest BCUT2D eigenvalue weighted by Crippen LogP contribution is -2.39. The van der Waals surface area contributed by atoms with Crippen molar-refractivity contribution in [2.45, 2.75) is 65.8 Å². The van der Waals surface area contributed by atoms with Crippen molar-refractivity contribution in [3.8, 4) is 0 Å². The summed E-state index contributed by atoms with van der Waals surface area (Å²) in [4.78, 5) is 33.4. The van der Waals surface area contributed by atoms with Crippen LogP contribution in [0.15, 0.2) is 60.2 Å². The SMILES string of the molecule is C=CN(Cc1c(C[C@H](C)CC(=O)N2CCC(c3cc4ccccc4[nH]c3=O)CC2)cc(Cl)c2[nH]ncc12)CC(C)(C)C. The number of H-pyrrole nitrogens is 2. The summed E-state index contributed by atoms with van der Waals surface area (Å²) >= 11 is 6.67. The summed E-state index contributed by atoms with van der Waals surface area (Å²) in [5.41, 5.74) is 4.94. The first-order valence-corrected chi connectivity index (χ1v) is 15.3. The maximum absolute atomic E-state index is 13.4. The van der Waals surface area contributed by atoms with Crippen molar-refractivity contribution in [3.63, 3.8) is 0 Å². The number of hydrogen-bond acceptors (Lipinski definition) is 4. The van der Waals surface area contributed by atoms with E-state index >= 15 is 0 Å². The number of fused-ring (bicyclic) bond motifs is 2. The Kier molecular flexibility index (Phi) is 8.78. The zero-order valence-electron chi connectivity index (χ0n) is 25.2. The Hall–Kier alpha value is -3.58. The van der Waals surface area contributed by atoms with Gasteiger partial charge in [-0.1, -0.05) is 64.1 Å². The Balaban J connectivity index is 1.25. The molecule has 1 saturated heterocycles. The van der Waals surface area contributed by atoms with Crippen molar-refractivity contribution in [3.05, 3.63) is 87.4 Å². The van der Waals surface area contributed by atoms with Crippen molar-refractivity contribution in [1.29, 1.82) is 0 Å². The standard InChI is InChI=1S/C34H42ClN5O2/c1-6-39(21-34(3,4)5)20-28-25(18-29(35)32-27(28)19-36-38-32)15-22(2)16-31(41)40-13-11-23(12-14-40)26-17-24-9-7-8-10-30(24)37-33(26)42/h6-10,17-19,22-23H,1,11-16,20-21H2,2-5H3,(H,36,38)(H,37,42)/t22-/m0/s1. The average molecular weight is 588 g/mol. The number of nitrogens with one attached hydrogen (secondary N) is 2. The molecule has 1 aliphatic rings. The molecule has 5 rings (SSSR count). The fourth-order valence-electron chi connectivity index (χ4n) is 6.33. The largest absolute Gasteiger partial charge is 0.373 e. The molecular formula is C34H42ClN5O2. The summed E-state index contributed by atoms with van der Waals surface area (Å²) in [7, 11) is 0. The number of carbonyl (C=O) groups is 1. The molecule has 42 heavy (non-hydrogen) atoms. The zero-order valence-corrected chi connectivity index (χ0v) is 25.9. The molecule has 1 amide bonds. The lowest BCUT2D eigenvalue weighted by molar-refractivity contribution is -0.133. The van der Waals surface area contributed by atoms with Crippen LogP contribution in [0.2, 0.25) is 5.02 Å². The molecule has 0 radical (unpaired) electrons. The number of rotatable bonds is 9. The van der Waals surface area contributed by atoms with Crippen LogP contribution in [0.5, 0.6) is 0 Å². The molecule has 0 saturated carbocycles. The molecule has 0 unspecified atom stereocenters. The number of nitrogens with zero attached hydrogens (tertiary/aromatic N) is 3. The minimum atomic E-state index is -0.0197. The number of aromatic amines is 2. The predicted octanol–water partition coefficient (Wildman–Crippen LogP) is 7.02. The Bertz CT molecular complexity index is 1640. The second-order valence-electron chi connectivity index (χ2n) is 13.1. The molecule has 1 fully saturated rings. The van der Waals surface area contributed by atoms with Gasteiger partial charge in [-0.3, -0.25) is 14.7 Å². The predicted molar refractivity (Wildman–Crippen MR) is 172 cm³/mol. The van der Waals surface area contributed by atoms with E-state index < -0.39 is 0 Å². The topological polar surface area (TPSA) is 85.1 Å². The summed E-state index contributed by atoms with van der Waals surface area (Å²) in [6.45, 7) is 15.8. The maximum Gasteiger partial charge on any atom is 0.251 e. The van der Waals surface area contributed by atoms with E-state index in [-0.39, 0.29) is 28.7 Å². The summed E-state index contributed by atoms with van der Waals surface area (Å²) in [5.74, 6) is 0.468. The van der Waals surface area contributed by atoms with E-state index in [2.05, 4.69) is 54.4 Å². The number of benzene rings is 2. The van der Waals surface area contributed by atoms with Gasteiger partial charge in [0.25, 0.3) is 5.56 Å². The van der Waals surface area contributed by atoms with E-state index in [1.807, 2.05) is 53.7 Å². The number of halogens is 1. The third-order valence-corrected chi connectivity index (χ3v) is 8.65. The maximum atomic E-state index is 13.4. The molecule has 4 aromatic rings. The highest BCUT2D eigenvalue weighted by molar-refractivity contribution is 6.35. The highest BCUT2D eigenvalue weighted by atomic mass is 35.5. The fourth-order valence-corrected chi connectivity index (χ4v) is 6.61. The van der Waals surface area contributed by atoms with Crippen LogP contribution in [-0.2, 0) is 17.8 Å². The van der Waals surface area contributed by atoms with E-state index in [1.54, 1.807) is 0 Å². The van der Waals surface area contributed by atoms with Gasteiger partial charge in [-0.2, -0.15) is 5.10 Å². The third kappa shape index (κ3) is 6.73. The van der Waals surface area contributed by atoms with E-state index in [4.69, 9.17) is 11.6 Å². The normalized spacial score (nSPS) is 15.3. The van der Waals surface area contributed by atoms with Crippen LogP contribution in [-0.4, -0.2) is 50.5 Å². The first-order chi connectivity index (χ1) is 20.0. The molecule has 1 atom stereocenters. The van der Waals surface area contributed by atoms with Gasteiger partial charge in [-0.05, 0) is 77.4 Å². The Morgan fingerprint density at radius 3 is 2.69 bits per heavy atom. The van der Waals surface area contributed by atoms with E-state index in [0.29, 0.717) is 31.1 Å². The Labute approximate surface area is 252 Å². The lowest BCUT2D eigenvalue weighted by atomic mass is 9.88. The summed E-state index contributed by atoms with van der Waals surface area (Å²) in [6.07, 6.45) is 6.55. The van der Waals surface area contributed by atoms with Crippen LogP contribution < -0.4 is 5.56 Å². The van der Waals surface area contributed by atoms with E-state index in [0.717, 1.165) is 58.7 Å².